The van der Waals surface area contributed by atoms with E-state index in [1.54, 1.807) is 7.11 Å². The van der Waals surface area contributed by atoms with Crippen LogP contribution in [0.5, 0.6) is 0 Å². The molecule has 1 aromatic heterocycles. The highest BCUT2D eigenvalue weighted by atomic mass is 16.5. The molecule has 1 aliphatic carbocycles. The van der Waals surface area contributed by atoms with Crippen LogP contribution in [0.1, 0.15) is 37.8 Å². The molecule has 3 N–H and O–H groups in total. The van der Waals surface area contributed by atoms with Crippen LogP contribution in [0.2, 0.25) is 0 Å². The van der Waals surface area contributed by atoms with Crippen molar-refractivity contribution in [3.05, 3.63) is 18.0 Å². The van der Waals surface area contributed by atoms with Crippen LogP contribution in [0.25, 0.3) is 0 Å². The van der Waals surface area contributed by atoms with E-state index in [0.717, 1.165) is 12.1 Å². The van der Waals surface area contributed by atoms with Crippen molar-refractivity contribution in [2.75, 3.05) is 7.11 Å². The minimum atomic E-state index is 0.128. The van der Waals surface area contributed by atoms with Crippen molar-refractivity contribution in [3.8, 4) is 0 Å². The Morgan fingerprint density at radius 2 is 2.21 bits per heavy atom. The molecular weight excluding hydrogens is 240 g/mol. The highest BCUT2D eigenvalue weighted by Crippen LogP contribution is 2.29. The summed E-state index contributed by atoms with van der Waals surface area (Å²) in [5.41, 5.74) is 3.99. The first-order valence-corrected chi connectivity index (χ1v) is 7.22. The van der Waals surface area contributed by atoms with Crippen molar-refractivity contribution in [1.29, 1.82) is 0 Å². The molecular formula is C14H26N4O. The Bertz CT molecular complexity index is 373. The maximum absolute atomic E-state index is 5.75. The Hall–Kier alpha value is -0.910. The Kier molecular flexibility index (Phi) is 5.36. The molecule has 0 saturated heterocycles. The van der Waals surface area contributed by atoms with Gasteiger partial charge in [-0.3, -0.25) is 16.0 Å². The Morgan fingerprint density at radius 1 is 1.47 bits per heavy atom. The second kappa shape index (κ2) is 7.03. The van der Waals surface area contributed by atoms with Crippen LogP contribution in [0.3, 0.4) is 0 Å². The fourth-order valence-electron chi connectivity index (χ4n) is 3.22. The summed E-state index contributed by atoms with van der Waals surface area (Å²) in [7, 11) is 3.73. The number of aryl methyl sites for hydroxylation is 1. The SMILES string of the molecule is COC(C1CCCCC1)C(Cc1ccn(C)n1)NN. The highest BCUT2D eigenvalue weighted by molar-refractivity contribution is 5.03. The van der Waals surface area contributed by atoms with E-state index in [0.29, 0.717) is 5.92 Å². The van der Waals surface area contributed by atoms with Crippen LogP contribution < -0.4 is 11.3 Å². The van der Waals surface area contributed by atoms with Crippen molar-refractivity contribution >= 4 is 0 Å². The highest BCUT2D eigenvalue weighted by Gasteiger charge is 2.30. The first kappa shape index (κ1) is 14.5. The maximum atomic E-state index is 5.75. The number of ether oxygens (including phenoxy) is 1. The number of hydrogen-bond donors (Lipinski definition) is 2. The molecule has 5 nitrogen and oxygen atoms in total. The van der Waals surface area contributed by atoms with Crippen molar-refractivity contribution < 1.29 is 4.74 Å². The molecule has 2 unspecified atom stereocenters. The van der Waals surface area contributed by atoms with Gasteiger partial charge in [0, 0.05) is 26.8 Å². The van der Waals surface area contributed by atoms with Gasteiger partial charge in [-0.1, -0.05) is 19.3 Å². The third-order valence-electron chi connectivity index (χ3n) is 4.20. The fourth-order valence-corrected chi connectivity index (χ4v) is 3.22. The number of nitrogens with one attached hydrogen (secondary N) is 1. The Balaban J connectivity index is 2.00. The summed E-state index contributed by atoms with van der Waals surface area (Å²) < 4.78 is 7.57. The number of hydrogen-bond acceptors (Lipinski definition) is 4. The quantitative estimate of drug-likeness (QED) is 0.603. The van der Waals surface area contributed by atoms with Crippen LogP contribution in [0, 0.1) is 5.92 Å². The van der Waals surface area contributed by atoms with Gasteiger partial charge in [0.1, 0.15) is 0 Å². The predicted molar refractivity (Wildman–Crippen MR) is 75.4 cm³/mol. The van der Waals surface area contributed by atoms with Gasteiger partial charge >= 0.3 is 0 Å². The zero-order valence-corrected chi connectivity index (χ0v) is 12.0. The Morgan fingerprint density at radius 3 is 2.74 bits per heavy atom. The van der Waals surface area contributed by atoms with Crippen LogP contribution in [-0.4, -0.2) is 29.0 Å². The Labute approximate surface area is 115 Å². The molecule has 5 heteroatoms. The second-order valence-electron chi connectivity index (χ2n) is 5.56. The molecule has 0 amide bonds. The third kappa shape index (κ3) is 3.78. The number of hydrazine groups is 1. The van der Waals surface area contributed by atoms with E-state index in [-0.39, 0.29) is 12.1 Å². The average molecular weight is 266 g/mol. The summed E-state index contributed by atoms with van der Waals surface area (Å²) in [6.07, 6.45) is 9.42. The lowest BCUT2D eigenvalue weighted by Crippen LogP contribution is -2.49. The van der Waals surface area contributed by atoms with E-state index < -0.39 is 0 Å². The van der Waals surface area contributed by atoms with Gasteiger partial charge < -0.3 is 4.74 Å². The van der Waals surface area contributed by atoms with Gasteiger partial charge in [-0.25, -0.2) is 0 Å². The maximum Gasteiger partial charge on any atom is 0.0769 e. The van der Waals surface area contributed by atoms with Gasteiger partial charge in [-0.2, -0.15) is 5.10 Å². The molecule has 2 atom stereocenters. The molecule has 1 saturated carbocycles. The summed E-state index contributed by atoms with van der Waals surface area (Å²) in [6, 6.07) is 2.17. The summed E-state index contributed by atoms with van der Waals surface area (Å²) >= 11 is 0. The molecule has 1 heterocycles. The number of aromatic nitrogens is 2. The van der Waals surface area contributed by atoms with E-state index in [1.807, 2.05) is 24.0 Å². The van der Waals surface area contributed by atoms with E-state index in [9.17, 15) is 0 Å². The van der Waals surface area contributed by atoms with E-state index in [1.165, 1.54) is 32.1 Å². The first-order valence-electron chi connectivity index (χ1n) is 7.22. The molecule has 2 rings (SSSR count). The van der Waals surface area contributed by atoms with Crippen molar-refractivity contribution in [1.82, 2.24) is 15.2 Å². The van der Waals surface area contributed by atoms with Gasteiger partial charge in [0.2, 0.25) is 0 Å². The van der Waals surface area contributed by atoms with Crippen molar-refractivity contribution in [2.24, 2.45) is 18.8 Å². The summed E-state index contributed by atoms with van der Waals surface area (Å²) in [5, 5.41) is 4.43. The summed E-state index contributed by atoms with van der Waals surface area (Å²) in [4.78, 5) is 0. The summed E-state index contributed by atoms with van der Waals surface area (Å²) in [5.74, 6) is 6.36. The predicted octanol–water partition coefficient (Wildman–Crippen LogP) is 1.39. The van der Waals surface area contributed by atoms with Gasteiger partial charge in [0.05, 0.1) is 17.8 Å². The van der Waals surface area contributed by atoms with Gasteiger partial charge in [-0.05, 0) is 24.8 Å². The molecule has 0 aliphatic heterocycles. The standard InChI is InChI=1S/C14H26N4O/c1-18-9-8-12(17-18)10-13(16-15)14(19-2)11-6-4-3-5-7-11/h8-9,11,13-14,16H,3-7,10,15H2,1-2H3. The molecule has 1 fully saturated rings. The molecule has 19 heavy (non-hydrogen) atoms. The lowest BCUT2D eigenvalue weighted by molar-refractivity contribution is 0.00802. The molecule has 108 valence electrons. The lowest BCUT2D eigenvalue weighted by atomic mass is 9.81. The molecule has 0 spiro atoms. The minimum absolute atomic E-state index is 0.128. The number of rotatable bonds is 6. The molecule has 0 aromatic carbocycles. The zero-order chi connectivity index (χ0) is 13.7. The summed E-state index contributed by atoms with van der Waals surface area (Å²) in [6.45, 7) is 0. The van der Waals surface area contributed by atoms with Crippen LogP contribution in [0.4, 0.5) is 0 Å². The molecule has 0 radical (unpaired) electrons. The lowest BCUT2D eigenvalue weighted by Gasteiger charge is -2.34. The number of nitrogens with zero attached hydrogens (tertiary/aromatic N) is 2. The zero-order valence-electron chi connectivity index (χ0n) is 12.0. The monoisotopic (exact) mass is 266 g/mol. The van der Waals surface area contributed by atoms with Crippen LogP contribution >= 0.6 is 0 Å². The van der Waals surface area contributed by atoms with Gasteiger partial charge in [-0.15, -0.1) is 0 Å². The van der Waals surface area contributed by atoms with Gasteiger partial charge in [0.15, 0.2) is 0 Å². The number of methoxy groups -OCH3 is 1. The molecule has 0 bridgehead atoms. The largest absolute Gasteiger partial charge is 0.379 e. The molecule has 1 aromatic rings. The van der Waals surface area contributed by atoms with E-state index in [2.05, 4.69) is 10.5 Å². The molecule has 1 aliphatic rings. The first-order chi connectivity index (χ1) is 9.24. The fraction of sp³-hybridized carbons (Fsp3) is 0.786. The van der Waals surface area contributed by atoms with Crippen molar-refractivity contribution in [3.63, 3.8) is 0 Å². The van der Waals surface area contributed by atoms with E-state index >= 15 is 0 Å². The average Bonchev–Trinajstić information content (AvgIpc) is 2.85. The third-order valence-corrected chi connectivity index (χ3v) is 4.20. The normalized spacial score (nSPS) is 20.4. The van der Waals surface area contributed by atoms with Crippen LogP contribution in [-0.2, 0) is 18.2 Å². The second-order valence-corrected chi connectivity index (χ2v) is 5.56. The van der Waals surface area contributed by atoms with Crippen molar-refractivity contribution in [2.45, 2.75) is 50.7 Å². The van der Waals surface area contributed by atoms with Crippen LogP contribution in [0.15, 0.2) is 12.3 Å². The van der Waals surface area contributed by atoms with E-state index in [4.69, 9.17) is 10.6 Å². The number of nitrogens with two attached hydrogens (primary N) is 1. The topological polar surface area (TPSA) is 65.1 Å². The van der Waals surface area contributed by atoms with Gasteiger partial charge in [0.25, 0.3) is 0 Å². The smallest absolute Gasteiger partial charge is 0.0769 e. The minimum Gasteiger partial charge on any atom is -0.379 e.